The molecule has 0 aliphatic heterocycles. The van der Waals surface area contributed by atoms with Crippen LogP contribution in [0, 0.1) is 0 Å². The van der Waals surface area contributed by atoms with Crippen molar-refractivity contribution in [1.29, 1.82) is 0 Å². The molecule has 2 heteroatoms. The third-order valence-electron chi connectivity index (χ3n) is 6.10. The largest absolute Gasteiger partial charge is 0.292 e. The van der Waals surface area contributed by atoms with E-state index >= 15 is 0 Å². The van der Waals surface area contributed by atoms with Gasteiger partial charge in [0.25, 0.3) is 0 Å². The van der Waals surface area contributed by atoms with E-state index in [1.165, 1.54) is 43.2 Å². The number of fused-ring (bicyclic) bond motifs is 9. The molecule has 0 atom stereocenters. The van der Waals surface area contributed by atoms with Gasteiger partial charge in [-0.3, -0.25) is 4.40 Å². The van der Waals surface area contributed by atoms with Gasteiger partial charge in [-0.25, -0.2) is 4.98 Å². The number of hydrogen-bond donors (Lipinski definition) is 0. The average molecular weight is 368 g/mol. The lowest BCUT2D eigenvalue weighted by Gasteiger charge is -2.08. The Kier molecular flexibility index (Phi) is 2.77. The Morgan fingerprint density at radius 1 is 0.517 bits per heavy atom. The minimum atomic E-state index is 1.01. The fourth-order valence-electron chi connectivity index (χ4n) is 4.92. The molecule has 2 heterocycles. The van der Waals surface area contributed by atoms with Gasteiger partial charge in [-0.15, -0.1) is 0 Å². The van der Waals surface area contributed by atoms with Crippen LogP contribution in [0.2, 0.25) is 0 Å². The smallest absolute Gasteiger partial charge is 0.146 e. The summed E-state index contributed by atoms with van der Waals surface area (Å²) in [5.41, 5.74) is 4.37. The summed E-state index contributed by atoms with van der Waals surface area (Å²) in [6, 6.07) is 34.7. The first-order valence-electron chi connectivity index (χ1n) is 9.92. The molecule has 0 amide bonds. The summed E-state index contributed by atoms with van der Waals surface area (Å²) in [5, 5.41) is 8.85. The van der Waals surface area contributed by atoms with Crippen LogP contribution in [-0.4, -0.2) is 9.38 Å². The van der Waals surface area contributed by atoms with Crippen LogP contribution in [0.15, 0.2) is 97.1 Å². The Labute approximate surface area is 166 Å². The monoisotopic (exact) mass is 368 g/mol. The molecule has 0 saturated carbocycles. The summed E-state index contributed by atoms with van der Waals surface area (Å²) < 4.78 is 2.33. The van der Waals surface area contributed by atoms with Crippen molar-refractivity contribution < 1.29 is 0 Å². The van der Waals surface area contributed by atoms with E-state index in [4.69, 9.17) is 4.98 Å². The van der Waals surface area contributed by atoms with Crippen LogP contribution in [0.3, 0.4) is 0 Å². The highest BCUT2D eigenvalue weighted by Crippen LogP contribution is 2.39. The molecule has 0 fully saturated rings. The van der Waals surface area contributed by atoms with Gasteiger partial charge in [-0.1, -0.05) is 72.8 Å². The molecule has 5 aromatic carbocycles. The summed E-state index contributed by atoms with van der Waals surface area (Å²) in [5.74, 6) is 0. The van der Waals surface area contributed by atoms with Crippen LogP contribution < -0.4 is 0 Å². The van der Waals surface area contributed by atoms with Crippen molar-refractivity contribution in [2.45, 2.75) is 0 Å². The SMILES string of the molecule is c1ccc2c(c1)cc1cccc3c1c2c1ccccc1n1c2ccccc2nc31. The zero-order valence-corrected chi connectivity index (χ0v) is 15.6. The standard InChI is InChI=1S/C27H16N2/c1-2-10-19-17(8-1)16-18-9-7-12-21-25(18)26(19)20-11-3-5-14-23(20)29-24-15-6-4-13-22(24)28-27(21)29/h1-16H. The van der Waals surface area contributed by atoms with Crippen molar-refractivity contribution in [2.24, 2.45) is 0 Å². The summed E-state index contributed by atoms with van der Waals surface area (Å²) in [6.07, 6.45) is 0. The first-order chi connectivity index (χ1) is 14.4. The number of hydrogen-bond acceptors (Lipinski definition) is 1. The zero-order valence-electron chi connectivity index (χ0n) is 15.6. The topological polar surface area (TPSA) is 17.3 Å². The lowest BCUT2D eigenvalue weighted by atomic mass is 9.95. The summed E-state index contributed by atoms with van der Waals surface area (Å²) in [6.45, 7) is 0. The summed E-state index contributed by atoms with van der Waals surface area (Å²) in [7, 11) is 0. The van der Waals surface area contributed by atoms with Gasteiger partial charge in [0.2, 0.25) is 0 Å². The average Bonchev–Trinajstić information content (AvgIpc) is 3.11. The maximum Gasteiger partial charge on any atom is 0.146 e. The van der Waals surface area contributed by atoms with E-state index in [0.717, 1.165) is 16.7 Å². The van der Waals surface area contributed by atoms with Crippen molar-refractivity contribution in [3.63, 3.8) is 0 Å². The Morgan fingerprint density at radius 2 is 1.21 bits per heavy atom. The number of benzene rings is 5. The maximum absolute atomic E-state index is 5.08. The van der Waals surface area contributed by atoms with Crippen molar-refractivity contribution in [3.05, 3.63) is 97.1 Å². The van der Waals surface area contributed by atoms with Gasteiger partial charge >= 0.3 is 0 Å². The van der Waals surface area contributed by atoms with Gasteiger partial charge in [-0.2, -0.15) is 0 Å². The predicted octanol–water partition coefficient (Wildman–Crippen LogP) is 7.10. The van der Waals surface area contributed by atoms with E-state index < -0.39 is 0 Å². The van der Waals surface area contributed by atoms with Gasteiger partial charge in [0.1, 0.15) is 5.65 Å². The van der Waals surface area contributed by atoms with E-state index in [-0.39, 0.29) is 0 Å². The van der Waals surface area contributed by atoms with E-state index in [0.29, 0.717) is 0 Å². The van der Waals surface area contributed by atoms with E-state index in [2.05, 4.69) is 101 Å². The molecule has 7 aromatic rings. The van der Waals surface area contributed by atoms with Crippen molar-refractivity contribution in [1.82, 2.24) is 9.38 Å². The number of para-hydroxylation sites is 3. The molecule has 134 valence electrons. The third kappa shape index (κ3) is 1.88. The van der Waals surface area contributed by atoms with Gasteiger partial charge in [0, 0.05) is 21.5 Å². The third-order valence-corrected chi connectivity index (χ3v) is 6.10. The molecule has 2 nitrogen and oxygen atoms in total. The zero-order chi connectivity index (χ0) is 18.9. The highest BCUT2D eigenvalue weighted by molar-refractivity contribution is 6.30. The molecule has 0 saturated heterocycles. The predicted molar refractivity (Wildman–Crippen MR) is 123 cm³/mol. The van der Waals surface area contributed by atoms with Crippen LogP contribution in [-0.2, 0) is 0 Å². The normalized spacial score (nSPS) is 12.1. The van der Waals surface area contributed by atoms with Gasteiger partial charge in [0.05, 0.1) is 16.6 Å². The van der Waals surface area contributed by atoms with E-state index in [1.807, 2.05) is 0 Å². The van der Waals surface area contributed by atoms with Crippen molar-refractivity contribution >= 4 is 59.9 Å². The molecule has 7 rings (SSSR count). The molecule has 0 unspecified atom stereocenters. The molecule has 0 aliphatic rings. The maximum atomic E-state index is 5.08. The fraction of sp³-hybridized carbons (Fsp3) is 0. The van der Waals surface area contributed by atoms with E-state index in [9.17, 15) is 0 Å². The number of aromatic nitrogens is 2. The molecule has 29 heavy (non-hydrogen) atoms. The second-order valence-corrected chi connectivity index (χ2v) is 7.65. The molecule has 0 radical (unpaired) electrons. The van der Waals surface area contributed by atoms with Crippen LogP contribution in [0.1, 0.15) is 0 Å². The second-order valence-electron chi connectivity index (χ2n) is 7.65. The first-order valence-corrected chi connectivity index (χ1v) is 9.92. The quantitative estimate of drug-likeness (QED) is 0.261. The van der Waals surface area contributed by atoms with E-state index in [1.54, 1.807) is 0 Å². The molecule has 0 aliphatic carbocycles. The minimum Gasteiger partial charge on any atom is -0.292 e. The Balaban J connectivity index is 2.00. The Morgan fingerprint density at radius 3 is 2.14 bits per heavy atom. The fourth-order valence-corrected chi connectivity index (χ4v) is 4.92. The second kappa shape index (κ2) is 5.33. The van der Waals surface area contributed by atoms with Crippen molar-refractivity contribution in [3.8, 4) is 0 Å². The van der Waals surface area contributed by atoms with Crippen LogP contribution in [0.5, 0.6) is 0 Å². The molecule has 2 aromatic heterocycles. The number of imidazole rings is 1. The van der Waals surface area contributed by atoms with Crippen LogP contribution >= 0.6 is 0 Å². The lowest BCUT2D eigenvalue weighted by Crippen LogP contribution is -1.84. The van der Waals surface area contributed by atoms with Crippen molar-refractivity contribution in [2.75, 3.05) is 0 Å². The lowest BCUT2D eigenvalue weighted by molar-refractivity contribution is 1.32. The van der Waals surface area contributed by atoms with Crippen LogP contribution in [0.4, 0.5) is 0 Å². The highest BCUT2D eigenvalue weighted by Gasteiger charge is 2.15. The first kappa shape index (κ1) is 15.1. The Bertz CT molecular complexity index is 1750. The van der Waals surface area contributed by atoms with Crippen LogP contribution in [0.25, 0.3) is 59.9 Å². The summed E-state index contributed by atoms with van der Waals surface area (Å²) in [4.78, 5) is 5.08. The number of nitrogens with zero attached hydrogens (tertiary/aromatic N) is 2. The van der Waals surface area contributed by atoms with Gasteiger partial charge < -0.3 is 0 Å². The molecule has 0 bridgehead atoms. The minimum absolute atomic E-state index is 1.01. The Hall–Kier alpha value is -3.91. The molecule has 0 spiro atoms. The molecular weight excluding hydrogens is 352 g/mol. The number of rotatable bonds is 0. The van der Waals surface area contributed by atoms with Gasteiger partial charge in [0.15, 0.2) is 0 Å². The highest BCUT2D eigenvalue weighted by atomic mass is 15.0. The molecule has 0 N–H and O–H groups in total. The molecular formula is C27H16N2. The van der Waals surface area contributed by atoms with Gasteiger partial charge in [-0.05, 0) is 40.4 Å². The summed E-state index contributed by atoms with van der Waals surface area (Å²) >= 11 is 0.